The lowest BCUT2D eigenvalue weighted by molar-refractivity contribution is 0.523. The van der Waals surface area contributed by atoms with E-state index in [0.717, 1.165) is 10.7 Å². The van der Waals surface area contributed by atoms with Gasteiger partial charge in [0, 0.05) is 21.1 Å². The molecule has 0 saturated heterocycles. The van der Waals surface area contributed by atoms with Gasteiger partial charge in [-0.1, -0.05) is 73.3 Å². The van der Waals surface area contributed by atoms with Crippen LogP contribution in [0.3, 0.4) is 0 Å². The van der Waals surface area contributed by atoms with Crippen molar-refractivity contribution in [1.82, 2.24) is 0 Å². The summed E-state index contributed by atoms with van der Waals surface area (Å²) in [6.07, 6.45) is 0.582. The molecule has 2 aromatic rings. The molecule has 0 N–H and O–H groups in total. The molecule has 0 saturated carbocycles. The highest BCUT2D eigenvalue weighted by atomic mass is 79.9. The zero-order valence-electron chi connectivity index (χ0n) is 11.7. The fourth-order valence-corrected chi connectivity index (χ4v) is 4.50. The smallest absolute Gasteiger partial charge is 0.126 e. The van der Waals surface area contributed by atoms with Gasteiger partial charge in [-0.3, -0.25) is 0 Å². The molecule has 0 atom stereocenters. The molecule has 4 heteroatoms. The van der Waals surface area contributed by atoms with Crippen molar-refractivity contribution in [1.29, 1.82) is 0 Å². The molecule has 112 valence electrons. The summed E-state index contributed by atoms with van der Waals surface area (Å²) in [6.45, 7) is 2.06. The first-order chi connectivity index (χ1) is 10.0. The van der Waals surface area contributed by atoms with E-state index in [9.17, 15) is 4.39 Å². The molecule has 0 nitrogen and oxygen atoms in total. The first-order valence-corrected chi connectivity index (χ1v) is 9.26. The lowest BCUT2D eigenvalue weighted by Crippen LogP contribution is -2.33. The normalized spacial score (nSPS) is 11.7. The van der Waals surface area contributed by atoms with Gasteiger partial charge in [0.1, 0.15) is 5.82 Å². The monoisotopic (exact) mass is 432 g/mol. The molecular formula is C17H16Br2ClF. The topological polar surface area (TPSA) is 0 Å². The second kappa shape index (κ2) is 7.26. The molecule has 2 rings (SSSR count). The van der Waals surface area contributed by atoms with Gasteiger partial charge in [-0.15, -0.1) is 0 Å². The Hall–Kier alpha value is -0.380. The highest BCUT2D eigenvalue weighted by Gasteiger charge is 2.31. The van der Waals surface area contributed by atoms with Crippen LogP contribution in [0.4, 0.5) is 4.39 Å². The largest absolute Gasteiger partial charge is 0.207 e. The van der Waals surface area contributed by atoms with Crippen molar-refractivity contribution >= 4 is 43.5 Å². The second-order valence-electron chi connectivity index (χ2n) is 5.33. The Bertz CT molecular complexity index is 607. The molecule has 0 bridgehead atoms. The van der Waals surface area contributed by atoms with Gasteiger partial charge in [0.05, 0.1) is 0 Å². The molecule has 0 aliphatic carbocycles. The third kappa shape index (κ3) is 3.88. The van der Waals surface area contributed by atoms with Crippen molar-refractivity contribution in [2.75, 3.05) is 10.7 Å². The van der Waals surface area contributed by atoms with Gasteiger partial charge in [-0.2, -0.15) is 0 Å². The minimum atomic E-state index is -0.210. The fourth-order valence-electron chi connectivity index (χ4n) is 2.34. The fraction of sp³-hybridized carbons (Fsp3) is 0.294. The van der Waals surface area contributed by atoms with Crippen molar-refractivity contribution in [2.24, 2.45) is 0 Å². The summed E-state index contributed by atoms with van der Waals surface area (Å²) in [4.78, 5) is 0. The minimum Gasteiger partial charge on any atom is -0.207 e. The molecule has 0 aromatic heterocycles. The average Bonchev–Trinajstić information content (AvgIpc) is 2.49. The zero-order chi connectivity index (χ0) is 15.5. The maximum Gasteiger partial charge on any atom is 0.126 e. The Balaban J connectivity index is 2.42. The van der Waals surface area contributed by atoms with Crippen molar-refractivity contribution in [3.63, 3.8) is 0 Å². The Morgan fingerprint density at radius 3 is 2.24 bits per heavy atom. The number of halogens is 4. The molecular weight excluding hydrogens is 418 g/mol. The molecule has 0 unspecified atom stereocenters. The number of alkyl halides is 2. The van der Waals surface area contributed by atoms with E-state index in [2.05, 4.69) is 63.0 Å². The van der Waals surface area contributed by atoms with Gasteiger partial charge in [-0.05, 0) is 42.7 Å². The lowest BCUT2D eigenvalue weighted by Gasteiger charge is -2.31. The van der Waals surface area contributed by atoms with Crippen LogP contribution < -0.4 is 0 Å². The van der Waals surface area contributed by atoms with Gasteiger partial charge >= 0.3 is 0 Å². The summed E-state index contributed by atoms with van der Waals surface area (Å²) in [5, 5.41) is 2.04. The van der Waals surface area contributed by atoms with Gasteiger partial charge < -0.3 is 0 Å². The van der Waals surface area contributed by atoms with Crippen LogP contribution in [0.5, 0.6) is 0 Å². The SMILES string of the molecule is Cc1ccc(C(CBr)(CBr)Cc2cc(Cl)ccc2F)cc1. The van der Waals surface area contributed by atoms with E-state index in [1.165, 1.54) is 17.2 Å². The van der Waals surface area contributed by atoms with Crippen LogP contribution in [0, 0.1) is 12.7 Å². The third-order valence-electron chi connectivity index (χ3n) is 3.71. The predicted molar refractivity (Wildman–Crippen MR) is 95.6 cm³/mol. The van der Waals surface area contributed by atoms with Crippen LogP contribution in [0.2, 0.25) is 5.02 Å². The lowest BCUT2D eigenvalue weighted by atomic mass is 9.79. The Morgan fingerprint density at radius 1 is 1.05 bits per heavy atom. The molecule has 0 fully saturated rings. The van der Waals surface area contributed by atoms with Crippen molar-refractivity contribution in [2.45, 2.75) is 18.8 Å². The Labute approximate surface area is 147 Å². The molecule has 2 aromatic carbocycles. The summed E-state index contributed by atoms with van der Waals surface area (Å²) in [5.74, 6) is -0.210. The average molecular weight is 435 g/mol. The van der Waals surface area contributed by atoms with E-state index in [-0.39, 0.29) is 11.2 Å². The van der Waals surface area contributed by atoms with Crippen LogP contribution in [-0.2, 0) is 11.8 Å². The van der Waals surface area contributed by atoms with Crippen molar-refractivity contribution < 1.29 is 4.39 Å². The van der Waals surface area contributed by atoms with Crippen LogP contribution in [0.1, 0.15) is 16.7 Å². The first-order valence-electron chi connectivity index (χ1n) is 6.64. The molecule has 0 aliphatic rings. The Morgan fingerprint density at radius 2 is 1.67 bits per heavy atom. The molecule has 0 amide bonds. The van der Waals surface area contributed by atoms with Gasteiger partial charge in [-0.25, -0.2) is 4.39 Å². The third-order valence-corrected chi connectivity index (χ3v) is 6.09. The molecule has 0 aliphatic heterocycles. The summed E-state index contributed by atoms with van der Waals surface area (Å²) in [5.41, 5.74) is 2.83. The standard InChI is InChI=1S/C17H16Br2ClF/c1-12-2-4-14(5-3-12)17(10-18,11-19)9-13-8-15(20)6-7-16(13)21/h2-8H,9-11H2,1H3. The number of benzene rings is 2. The van der Waals surface area contributed by atoms with Crippen LogP contribution in [-0.4, -0.2) is 10.7 Å². The maximum absolute atomic E-state index is 14.1. The number of hydrogen-bond acceptors (Lipinski definition) is 0. The summed E-state index contributed by atoms with van der Waals surface area (Å²) < 4.78 is 14.1. The predicted octanol–water partition coefficient (Wildman–Crippen LogP) is 6.06. The van der Waals surface area contributed by atoms with E-state index in [1.807, 2.05) is 0 Å². The van der Waals surface area contributed by atoms with Gasteiger partial charge in [0.2, 0.25) is 0 Å². The number of rotatable bonds is 5. The second-order valence-corrected chi connectivity index (χ2v) is 6.88. The molecule has 0 radical (unpaired) electrons. The highest BCUT2D eigenvalue weighted by Crippen LogP contribution is 2.34. The number of hydrogen-bond donors (Lipinski definition) is 0. The first kappa shape index (κ1) is 17.0. The van der Waals surface area contributed by atoms with Gasteiger partial charge in [0.15, 0.2) is 0 Å². The molecule has 0 heterocycles. The van der Waals surface area contributed by atoms with E-state index < -0.39 is 0 Å². The number of aryl methyl sites for hydroxylation is 1. The van der Waals surface area contributed by atoms with Crippen LogP contribution in [0.15, 0.2) is 42.5 Å². The quantitative estimate of drug-likeness (QED) is 0.502. The van der Waals surface area contributed by atoms with E-state index in [0.29, 0.717) is 17.0 Å². The van der Waals surface area contributed by atoms with Crippen LogP contribution >= 0.6 is 43.5 Å². The molecule has 0 spiro atoms. The summed E-state index contributed by atoms with van der Waals surface area (Å²) in [6, 6.07) is 13.1. The summed E-state index contributed by atoms with van der Waals surface area (Å²) in [7, 11) is 0. The maximum atomic E-state index is 14.1. The van der Waals surface area contributed by atoms with Crippen molar-refractivity contribution in [3.05, 3.63) is 70.0 Å². The Kier molecular flexibility index (Phi) is 5.87. The van der Waals surface area contributed by atoms with Crippen LogP contribution in [0.25, 0.3) is 0 Å². The van der Waals surface area contributed by atoms with Gasteiger partial charge in [0.25, 0.3) is 0 Å². The van der Waals surface area contributed by atoms with E-state index in [1.54, 1.807) is 12.1 Å². The zero-order valence-corrected chi connectivity index (χ0v) is 15.6. The van der Waals surface area contributed by atoms with E-state index in [4.69, 9.17) is 11.6 Å². The van der Waals surface area contributed by atoms with Crippen molar-refractivity contribution in [3.8, 4) is 0 Å². The summed E-state index contributed by atoms with van der Waals surface area (Å²) >= 11 is 13.2. The van der Waals surface area contributed by atoms with E-state index >= 15 is 0 Å². The minimum absolute atomic E-state index is 0.209. The highest BCUT2D eigenvalue weighted by molar-refractivity contribution is 9.09. The molecule has 21 heavy (non-hydrogen) atoms.